The lowest BCUT2D eigenvalue weighted by Crippen LogP contribution is -2.40. The summed E-state index contributed by atoms with van der Waals surface area (Å²) in [6, 6.07) is -0.465. The summed E-state index contributed by atoms with van der Waals surface area (Å²) in [5, 5.41) is 0. The average molecular weight is 167 g/mol. The Morgan fingerprint density at radius 2 is 2.25 bits per heavy atom. The second kappa shape index (κ2) is 3.60. The van der Waals surface area contributed by atoms with Gasteiger partial charge in [-0.2, -0.15) is 0 Å². The van der Waals surface area contributed by atoms with Crippen LogP contribution in [0.1, 0.15) is 12.8 Å². The van der Waals surface area contributed by atoms with Gasteiger partial charge in [0.05, 0.1) is 7.11 Å². The maximum absolute atomic E-state index is 11.1. The van der Waals surface area contributed by atoms with Crippen molar-refractivity contribution in [3.63, 3.8) is 0 Å². The lowest BCUT2D eigenvalue weighted by molar-refractivity contribution is -0.144. The number of methoxy groups -OCH3 is 1. The number of hydrogen-bond donors (Lipinski definition) is 0. The first-order valence-corrected chi connectivity index (χ1v) is 3.80. The monoisotopic (exact) mass is 167 g/mol. The molecule has 0 unspecified atom stereocenters. The zero-order valence-electron chi connectivity index (χ0n) is 6.95. The van der Waals surface area contributed by atoms with Gasteiger partial charge in [0.2, 0.25) is 7.85 Å². The van der Waals surface area contributed by atoms with Crippen molar-refractivity contribution in [2.75, 3.05) is 13.7 Å². The van der Waals surface area contributed by atoms with Crippen LogP contribution >= 0.6 is 0 Å². The highest BCUT2D eigenvalue weighted by atomic mass is 16.5. The van der Waals surface area contributed by atoms with Crippen molar-refractivity contribution in [1.82, 2.24) is 4.90 Å². The van der Waals surface area contributed by atoms with E-state index in [1.54, 1.807) is 0 Å². The smallest absolute Gasteiger partial charge is 0.328 e. The van der Waals surface area contributed by atoms with Gasteiger partial charge >= 0.3 is 5.97 Å². The van der Waals surface area contributed by atoms with Gasteiger partial charge in [-0.1, -0.05) is 0 Å². The van der Waals surface area contributed by atoms with Crippen molar-refractivity contribution in [1.29, 1.82) is 0 Å². The third-order valence-electron chi connectivity index (χ3n) is 2.01. The summed E-state index contributed by atoms with van der Waals surface area (Å²) in [6.07, 6.45) is 1.46. The molecule has 2 radical (unpaired) electrons. The number of carbonyl (C=O) groups excluding carboxylic acids is 2. The third kappa shape index (κ3) is 1.60. The number of likely N-dealkylation sites (tertiary alicyclic amines) is 1. The Balaban J connectivity index is 2.63. The molecular weight excluding hydrogens is 157 g/mol. The first-order valence-electron chi connectivity index (χ1n) is 3.80. The number of rotatable bonds is 1. The van der Waals surface area contributed by atoms with E-state index in [2.05, 4.69) is 4.74 Å². The van der Waals surface area contributed by atoms with E-state index in [1.807, 2.05) is 0 Å². The zero-order chi connectivity index (χ0) is 9.14. The largest absolute Gasteiger partial charge is 0.467 e. The Morgan fingerprint density at radius 1 is 1.58 bits per heavy atom. The van der Waals surface area contributed by atoms with E-state index >= 15 is 0 Å². The van der Waals surface area contributed by atoms with E-state index < -0.39 is 11.8 Å². The van der Waals surface area contributed by atoms with Crippen molar-refractivity contribution in [2.45, 2.75) is 18.9 Å². The maximum atomic E-state index is 11.1. The van der Waals surface area contributed by atoms with Crippen LogP contribution in [0.4, 0.5) is 4.79 Å². The highest BCUT2D eigenvalue weighted by Gasteiger charge is 2.32. The first kappa shape index (κ1) is 9.10. The quantitative estimate of drug-likeness (QED) is 0.405. The number of carbonyl (C=O) groups is 2. The van der Waals surface area contributed by atoms with Gasteiger partial charge in [0.25, 0.3) is 0 Å². The van der Waals surface area contributed by atoms with Crippen molar-refractivity contribution in [3.05, 3.63) is 0 Å². The summed E-state index contributed by atoms with van der Waals surface area (Å²) in [4.78, 5) is 23.2. The molecule has 1 rings (SSSR count). The molecule has 0 aromatic heterocycles. The van der Waals surface area contributed by atoms with Gasteiger partial charge in [0.15, 0.2) is 5.81 Å². The van der Waals surface area contributed by atoms with E-state index in [0.29, 0.717) is 13.0 Å². The topological polar surface area (TPSA) is 46.6 Å². The standard InChI is InChI=1S/C7H10BNO3/c1-12-6(10)5-3-2-4-9(5)7(8)11/h5H,2-4H2,1H3/t5-/m0/s1. The van der Waals surface area contributed by atoms with Crippen molar-refractivity contribution < 1.29 is 14.3 Å². The molecule has 12 heavy (non-hydrogen) atoms. The number of esters is 1. The minimum absolute atomic E-state index is 0.383. The molecule has 1 aliphatic heterocycles. The lowest BCUT2D eigenvalue weighted by atomic mass is 10.1. The summed E-state index contributed by atoms with van der Waals surface area (Å²) < 4.78 is 4.53. The van der Waals surface area contributed by atoms with E-state index in [1.165, 1.54) is 12.0 Å². The molecule has 1 saturated heterocycles. The minimum Gasteiger partial charge on any atom is -0.467 e. The molecule has 0 spiro atoms. The van der Waals surface area contributed by atoms with E-state index in [-0.39, 0.29) is 5.97 Å². The molecule has 64 valence electrons. The number of hydrogen-bond acceptors (Lipinski definition) is 3. The fraction of sp³-hybridized carbons (Fsp3) is 0.714. The van der Waals surface area contributed by atoms with Crippen LogP contribution in [-0.4, -0.2) is 44.2 Å². The Hall–Kier alpha value is -0.995. The van der Waals surface area contributed by atoms with Crippen LogP contribution in [0.5, 0.6) is 0 Å². The van der Waals surface area contributed by atoms with Gasteiger partial charge in [0.1, 0.15) is 6.04 Å². The molecule has 1 amide bonds. The van der Waals surface area contributed by atoms with Crippen molar-refractivity contribution in [3.8, 4) is 0 Å². The fourth-order valence-electron chi connectivity index (χ4n) is 1.41. The van der Waals surface area contributed by atoms with E-state index in [9.17, 15) is 9.59 Å². The van der Waals surface area contributed by atoms with Gasteiger partial charge in [-0.05, 0) is 12.8 Å². The van der Waals surface area contributed by atoms with Crippen molar-refractivity contribution in [2.24, 2.45) is 0 Å². The molecule has 5 heteroatoms. The maximum Gasteiger partial charge on any atom is 0.328 e. The van der Waals surface area contributed by atoms with Crippen LogP contribution in [0.25, 0.3) is 0 Å². The van der Waals surface area contributed by atoms with Crippen molar-refractivity contribution >= 4 is 19.6 Å². The Labute approximate surface area is 72.3 Å². The summed E-state index contributed by atoms with van der Waals surface area (Å²) in [6.45, 7) is 0.551. The normalized spacial score (nSPS) is 22.4. The van der Waals surface area contributed by atoms with Gasteiger partial charge in [-0.3, -0.25) is 4.79 Å². The molecule has 0 aliphatic carbocycles. The molecule has 1 atom stereocenters. The second-order valence-electron chi connectivity index (χ2n) is 2.71. The number of ether oxygens (including phenoxy) is 1. The summed E-state index contributed by atoms with van der Waals surface area (Å²) in [5.74, 6) is -0.936. The lowest BCUT2D eigenvalue weighted by Gasteiger charge is -2.21. The average Bonchev–Trinajstić information content (AvgIpc) is 2.50. The number of nitrogens with zero attached hydrogens (tertiary/aromatic N) is 1. The van der Waals surface area contributed by atoms with Gasteiger partial charge in [0, 0.05) is 6.54 Å². The molecule has 1 heterocycles. The van der Waals surface area contributed by atoms with Gasteiger partial charge in [-0.25, -0.2) is 4.79 Å². The molecule has 1 fully saturated rings. The highest BCUT2D eigenvalue weighted by molar-refractivity contribution is 6.57. The van der Waals surface area contributed by atoms with E-state index in [0.717, 1.165) is 6.42 Å². The Bertz CT molecular complexity index is 207. The fourth-order valence-corrected chi connectivity index (χ4v) is 1.41. The number of amides is 1. The second-order valence-corrected chi connectivity index (χ2v) is 2.71. The predicted molar refractivity (Wildman–Crippen MR) is 42.9 cm³/mol. The van der Waals surface area contributed by atoms with E-state index in [4.69, 9.17) is 7.85 Å². The molecule has 0 saturated carbocycles. The van der Waals surface area contributed by atoms with Gasteiger partial charge < -0.3 is 9.64 Å². The molecule has 0 N–H and O–H groups in total. The Morgan fingerprint density at radius 3 is 2.75 bits per heavy atom. The predicted octanol–water partition coefficient (Wildman–Crippen LogP) is -0.0877. The summed E-state index contributed by atoms with van der Waals surface area (Å²) in [7, 11) is 6.37. The first-order chi connectivity index (χ1) is 5.66. The van der Waals surface area contributed by atoms with Gasteiger partial charge in [-0.15, -0.1) is 0 Å². The summed E-state index contributed by atoms with van der Waals surface area (Å²) in [5.41, 5.74) is 0. The van der Waals surface area contributed by atoms with Crippen LogP contribution in [0.3, 0.4) is 0 Å². The van der Waals surface area contributed by atoms with Crippen LogP contribution < -0.4 is 0 Å². The molecular formula is C7H10BNO3. The third-order valence-corrected chi connectivity index (χ3v) is 2.01. The van der Waals surface area contributed by atoms with Crippen LogP contribution in [0, 0.1) is 0 Å². The molecule has 1 aliphatic rings. The van der Waals surface area contributed by atoms with Crippen LogP contribution in [0.15, 0.2) is 0 Å². The molecule has 4 nitrogen and oxygen atoms in total. The SMILES string of the molecule is [B]C(=O)N1CCC[C@H]1C(=O)OC. The summed E-state index contributed by atoms with van der Waals surface area (Å²) >= 11 is 0. The zero-order valence-corrected chi connectivity index (χ0v) is 6.95. The minimum atomic E-state index is -0.553. The highest BCUT2D eigenvalue weighted by Crippen LogP contribution is 2.17. The molecule has 0 bridgehead atoms. The van der Waals surface area contributed by atoms with Crippen LogP contribution in [0.2, 0.25) is 0 Å². The van der Waals surface area contributed by atoms with Crippen LogP contribution in [-0.2, 0) is 9.53 Å². The Kier molecular flexibility index (Phi) is 2.73. The molecule has 0 aromatic rings. The molecule has 0 aromatic carbocycles.